The highest BCUT2D eigenvalue weighted by atomic mass is 19.3. The van der Waals surface area contributed by atoms with Crippen LogP contribution in [0.3, 0.4) is 0 Å². The molecule has 0 heterocycles. The SMILES string of the molecule is C#CCCC(O)CCC(C)(F)F. The van der Waals surface area contributed by atoms with E-state index in [1.807, 2.05) is 0 Å². The zero-order valence-corrected chi connectivity index (χ0v) is 7.19. The van der Waals surface area contributed by atoms with Gasteiger partial charge in [0.15, 0.2) is 0 Å². The minimum Gasteiger partial charge on any atom is -0.393 e. The topological polar surface area (TPSA) is 20.2 Å². The second-order valence-electron chi connectivity index (χ2n) is 3.01. The number of hydrogen-bond donors (Lipinski definition) is 1. The third kappa shape index (κ3) is 7.49. The second-order valence-corrected chi connectivity index (χ2v) is 3.01. The second kappa shape index (κ2) is 5.10. The molecular weight excluding hydrogens is 162 g/mol. The van der Waals surface area contributed by atoms with Crippen molar-refractivity contribution in [3.8, 4) is 12.3 Å². The molecule has 0 bridgehead atoms. The highest BCUT2D eigenvalue weighted by Crippen LogP contribution is 2.20. The van der Waals surface area contributed by atoms with Gasteiger partial charge in [-0.2, -0.15) is 0 Å². The fourth-order valence-corrected chi connectivity index (χ4v) is 0.814. The molecule has 70 valence electrons. The molecule has 0 amide bonds. The van der Waals surface area contributed by atoms with Crippen LogP contribution in [0.2, 0.25) is 0 Å². The molecule has 0 saturated heterocycles. The normalized spacial score (nSPS) is 13.9. The first-order valence-electron chi connectivity index (χ1n) is 3.95. The van der Waals surface area contributed by atoms with Crippen LogP contribution in [0.25, 0.3) is 0 Å². The molecule has 1 nitrogen and oxygen atoms in total. The van der Waals surface area contributed by atoms with Crippen LogP contribution < -0.4 is 0 Å². The monoisotopic (exact) mass is 176 g/mol. The lowest BCUT2D eigenvalue weighted by atomic mass is 10.1. The molecule has 0 aromatic heterocycles. The molecule has 1 unspecified atom stereocenters. The van der Waals surface area contributed by atoms with Crippen LogP contribution in [0, 0.1) is 12.3 Å². The van der Waals surface area contributed by atoms with Gasteiger partial charge in [0, 0.05) is 12.8 Å². The molecule has 1 atom stereocenters. The van der Waals surface area contributed by atoms with Gasteiger partial charge in [-0.15, -0.1) is 12.3 Å². The molecule has 0 aromatic carbocycles. The van der Waals surface area contributed by atoms with Crippen molar-refractivity contribution in [2.75, 3.05) is 0 Å². The summed E-state index contributed by atoms with van der Waals surface area (Å²) in [4.78, 5) is 0. The van der Waals surface area contributed by atoms with Gasteiger partial charge < -0.3 is 5.11 Å². The average molecular weight is 176 g/mol. The molecule has 0 aromatic rings. The molecule has 0 spiro atoms. The van der Waals surface area contributed by atoms with E-state index in [1.54, 1.807) is 0 Å². The van der Waals surface area contributed by atoms with E-state index in [0.717, 1.165) is 6.92 Å². The van der Waals surface area contributed by atoms with Gasteiger partial charge in [0.2, 0.25) is 5.92 Å². The standard InChI is InChI=1S/C9H14F2O/c1-3-4-5-8(12)6-7-9(2,10)11/h1,8,12H,4-7H2,2H3. The van der Waals surface area contributed by atoms with Gasteiger partial charge in [-0.1, -0.05) is 0 Å². The zero-order valence-electron chi connectivity index (χ0n) is 7.19. The third-order valence-electron chi connectivity index (χ3n) is 1.54. The van der Waals surface area contributed by atoms with E-state index in [2.05, 4.69) is 5.92 Å². The summed E-state index contributed by atoms with van der Waals surface area (Å²) < 4.78 is 24.5. The minimum absolute atomic E-state index is 0.116. The first kappa shape index (κ1) is 11.4. The fourth-order valence-electron chi connectivity index (χ4n) is 0.814. The van der Waals surface area contributed by atoms with E-state index in [9.17, 15) is 8.78 Å². The van der Waals surface area contributed by atoms with E-state index in [1.165, 1.54) is 0 Å². The fraction of sp³-hybridized carbons (Fsp3) is 0.778. The maximum atomic E-state index is 12.3. The highest BCUT2D eigenvalue weighted by molar-refractivity contribution is 4.84. The molecule has 0 radical (unpaired) electrons. The average Bonchev–Trinajstić information content (AvgIpc) is 1.95. The molecule has 0 saturated carbocycles. The summed E-state index contributed by atoms with van der Waals surface area (Å²) in [6, 6.07) is 0. The first-order valence-corrected chi connectivity index (χ1v) is 3.95. The van der Waals surface area contributed by atoms with Gasteiger partial charge in [-0.3, -0.25) is 0 Å². The van der Waals surface area contributed by atoms with Crippen LogP contribution in [-0.2, 0) is 0 Å². The molecule has 0 fully saturated rings. The lowest BCUT2D eigenvalue weighted by Crippen LogP contribution is -2.15. The van der Waals surface area contributed by atoms with E-state index < -0.39 is 12.0 Å². The van der Waals surface area contributed by atoms with Gasteiger partial charge in [0.05, 0.1) is 6.10 Å². The zero-order chi connectivity index (χ0) is 9.61. The Balaban J connectivity index is 3.45. The van der Waals surface area contributed by atoms with E-state index in [4.69, 9.17) is 11.5 Å². The first-order chi connectivity index (χ1) is 5.45. The van der Waals surface area contributed by atoms with Crippen LogP contribution in [0.15, 0.2) is 0 Å². The smallest absolute Gasteiger partial charge is 0.245 e. The maximum absolute atomic E-state index is 12.3. The summed E-state index contributed by atoms with van der Waals surface area (Å²) in [5.74, 6) is -0.335. The Labute approximate surface area is 71.8 Å². The van der Waals surface area contributed by atoms with Gasteiger partial charge >= 0.3 is 0 Å². The third-order valence-corrected chi connectivity index (χ3v) is 1.54. The van der Waals surface area contributed by atoms with Crippen molar-refractivity contribution in [3.05, 3.63) is 0 Å². The summed E-state index contributed by atoms with van der Waals surface area (Å²) in [6.07, 6.45) is 4.95. The summed E-state index contributed by atoms with van der Waals surface area (Å²) in [5.41, 5.74) is 0. The van der Waals surface area contributed by atoms with Crippen molar-refractivity contribution in [2.24, 2.45) is 0 Å². The molecule has 0 aliphatic carbocycles. The van der Waals surface area contributed by atoms with E-state index >= 15 is 0 Å². The van der Waals surface area contributed by atoms with Crippen molar-refractivity contribution in [2.45, 2.75) is 44.6 Å². The van der Waals surface area contributed by atoms with Crippen LogP contribution in [0.4, 0.5) is 8.78 Å². The maximum Gasteiger partial charge on any atom is 0.245 e. The number of terminal acetylenes is 1. The highest BCUT2D eigenvalue weighted by Gasteiger charge is 2.21. The van der Waals surface area contributed by atoms with Gasteiger partial charge in [-0.05, 0) is 19.8 Å². The Morgan fingerprint density at radius 3 is 2.50 bits per heavy atom. The van der Waals surface area contributed by atoms with Gasteiger partial charge in [0.1, 0.15) is 0 Å². The Morgan fingerprint density at radius 2 is 2.08 bits per heavy atom. The number of halogens is 2. The molecule has 1 N–H and O–H groups in total. The van der Waals surface area contributed by atoms with Crippen LogP contribution in [0.5, 0.6) is 0 Å². The van der Waals surface area contributed by atoms with Gasteiger partial charge in [0.25, 0.3) is 0 Å². The predicted octanol–water partition coefficient (Wildman–Crippen LogP) is 2.20. The molecule has 12 heavy (non-hydrogen) atoms. The lowest BCUT2D eigenvalue weighted by Gasteiger charge is -2.12. The van der Waals surface area contributed by atoms with E-state index in [-0.39, 0.29) is 12.8 Å². The quantitative estimate of drug-likeness (QED) is 0.637. The minimum atomic E-state index is -2.68. The summed E-state index contributed by atoms with van der Waals surface area (Å²) in [6.45, 7) is 0.848. The largest absolute Gasteiger partial charge is 0.393 e. The van der Waals surface area contributed by atoms with Crippen molar-refractivity contribution in [3.63, 3.8) is 0 Å². The number of aliphatic hydroxyl groups is 1. The molecular formula is C9H14F2O. The summed E-state index contributed by atoms with van der Waals surface area (Å²) in [7, 11) is 0. The summed E-state index contributed by atoms with van der Waals surface area (Å²) in [5, 5.41) is 9.11. The van der Waals surface area contributed by atoms with Crippen LogP contribution in [-0.4, -0.2) is 17.1 Å². The Kier molecular flexibility index (Phi) is 4.84. The van der Waals surface area contributed by atoms with Crippen molar-refractivity contribution < 1.29 is 13.9 Å². The molecule has 0 aliphatic rings. The number of aliphatic hydroxyl groups excluding tert-OH is 1. The molecule has 0 aliphatic heterocycles. The molecule has 0 rings (SSSR count). The van der Waals surface area contributed by atoms with Crippen LogP contribution in [0.1, 0.15) is 32.6 Å². The van der Waals surface area contributed by atoms with Gasteiger partial charge in [-0.25, -0.2) is 8.78 Å². The Bertz CT molecular complexity index is 155. The number of hydrogen-bond acceptors (Lipinski definition) is 1. The Morgan fingerprint density at radius 1 is 1.50 bits per heavy atom. The number of alkyl halides is 2. The molecule has 3 heteroatoms. The van der Waals surface area contributed by atoms with E-state index in [0.29, 0.717) is 12.8 Å². The Hall–Kier alpha value is -0.620. The van der Waals surface area contributed by atoms with Crippen molar-refractivity contribution in [1.82, 2.24) is 0 Å². The summed E-state index contributed by atoms with van der Waals surface area (Å²) >= 11 is 0. The predicted molar refractivity (Wildman–Crippen MR) is 43.9 cm³/mol. The van der Waals surface area contributed by atoms with Crippen molar-refractivity contribution in [1.29, 1.82) is 0 Å². The van der Waals surface area contributed by atoms with Crippen LogP contribution >= 0.6 is 0 Å². The lowest BCUT2D eigenvalue weighted by molar-refractivity contribution is -0.00269. The van der Waals surface area contributed by atoms with Crippen molar-refractivity contribution >= 4 is 0 Å². The number of rotatable bonds is 5.